The van der Waals surface area contributed by atoms with Crippen molar-refractivity contribution in [2.75, 3.05) is 0 Å². The summed E-state index contributed by atoms with van der Waals surface area (Å²) >= 11 is 0. The van der Waals surface area contributed by atoms with Gasteiger partial charge >= 0.3 is 0 Å². The van der Waals surface area contributed by atoms with Gasteiger partial charge in [-0.15, -0.1) is 0 Å². The summed E-state index contributed by atoms with van der Waals surface area (Å²) < 4.78 is 0. The van der Waals surface area contributed by atoms with Crippen LogP contribution in [-0.2, 0) is 0 Å². The zero-order valence-electron chi connectivity index (χ0n) is 9.45. The summed E-state index contributed by atoms with van der Waals surface area (Å²) in [7, 11) is 0. The highest BCUT2D eigenvalue weighted by Crippen LogP contribution is 2.20. The standard InChI is InChI=1S/C11H23NO2/c1-8(11(2,3)14)12-9-6-4-5-7-10(9)13/h8-10,12-14H,4-7H2,1-3H3. The fourth-order valence-corrected chi connectivity index (χ4v) is 1.83. The normalized spacial score (nSPS) is 31.5. The molecule has 3 N–H and O–H groups in total. The molecule has 0 bridgehead atoms. The molecule has 3 heteroatoms. The average Bonchev–Trinajstić information content (AvgIpc) is 2.07. The summed E-state index contributed by atoms with van der Waals surface area (Å²) in [5.41, 5.74) is -0.725. The van der Waals surface area contributed by atoms with Crippen LogP contribution in [0.5, 0.6) is 0 Å². The van der Waals surface area contributed by atoms with Crippen molar-refractivity contribution in [3.05, 3.63) is 0 Å². The van der Waals surface area contributed by atoms with Gasteiger partial charge in [0, 0.05) is 12.1 Å². The highest BCUT2D eigenvalue weighted by molar-refractivity contribution is 4.87. The predicted octanol–water partition coefficient (Wildman–Crippen LogP) is 1.04. The van der Waals surface area contributed by atoms with Crippen molar-refractivity contribution in [1.82, 2.24) is 5.32 Å². The lowest BCUT2D eigenvalue weighted by molar-refractivity contribution is 0.0189. The lowest BCUT2D eigenvalue weighted by Crippen LogP contribution is -2.53. The van der Waals surface area contributed by atoms with Gasteiger partial charge in [-0.2, -0.15) is 0 Å². The van der Waals surface area contributed by atoms with Crippen LogP contribution in [0.15, 0.2) is 0 Å². The summed E-state index contributed by atoms with van der Waals surface area (Å²) in [4.78, 5) is 0. The highest BCUT2D eigenvalue weighted by atomic mass is 16.3. The van der Waals surface area contributed by atoms with Crippen molar-refractivity contribution in [2.24, 2.45) is 0 Å². The second kappa shape index (κ2) is 4.60. The third kappa shape index (κ3) is 3.23. The Balaban J connectivity index is 2.42. The molecule has 3 unspecified atom stereocenters. The van der Waals surface area contributed by atoms with E-state index >= 15 is 0 Å². The molecule has 3 atom stereocenters. The largest absolute Gasteiger partial charge is 0.392 e. The van der Waals surface area contributed by atoms with E-state index in [0.717, 1.165) is 19.3 Å². The van der Waals surface area contributed by atoms with Gasteiger partial charge in [0.15, 0.2) is 0 Å². The van der Waals surface area contributed by atoms with Crippen LogP contribution < -0.4 is 5.32 Å². The van der Waals surface area contributed by atoms with E-state index in [9.17, 15) is 10.2 Å². The number of hydrogen-bond donors (Lipinski definition) is 3. The van der Waals surface area contributed by atoms with Crippen LogP contribution in [0, 0.1) is 0 Å². The van der Waals surface area contributed by atoms with Gasteiger partial charge in [0.05, 0.1) is 11.7 Å². The minimum absolute atomic E-state index is 0.0141. The van der Waals surface area contributed by atoms with Crippen LogP contribution in [0.1, 0.15) is 46.5 Å². The minimum Gasteiger partial charge on any atom is -0.392 e. The molecule has 0 aromatic heterocycles. The molecule has 0 spiro atoms. The number of nitrogens with one attached hydrogen (secondary N) is 1. The Hall–Kier alpha value is -0.120. The van der Waals surface area contributed by atoms with Gasteiger partial charge < -0.3 is 15.5 Å². The summed E-state index contributed by atoms with van der Waals surface area (Å²) in [6.07, 6.45) is 3.95. The Morgan fingerprint density at radius 3 is 2.36 bits per heavy atom. The first-order valence-corrected chi connectivity index (χ1v) is 5.58. The van der Waals surface area contributed by atoms with Gasteiger partial charge in [0.2, 0.25) is 0 Å². The molecule has 84 valence electrons. The zero-order chi connectivity index (χ0) is 10.8. The Morgan fingerprint density at radius 1 is 1.29 bits per heavy atom. The third-order valence-electron chi connectivity index (χ3n) is 3.25. The van der Waals surface area contributed by atoms with Crippen molar-refractivity contribution in [1.29, 1.82) is 0 Å². The van der Waals surface area contributed by atoms with Crippen LogP contribution in [-0.4, -0.2) is 34.0 Å². The van der Waals surface area contributed by atoms with E-state index in [0.29, 0.717) is 0 Å². The summed E-state index contributed by atoms with van der Waals surface area (Å²) in [5, 5.41) is 22.8. The average molecular weight is 201 g/mol. The number of aliphatic hydroxyl groups is 2. The molecule has 1 aliphatic rings. The Bertz CT molecular complexity index is 177. The summed E-state index contributed by atoms with van der Waals surface area (Å²) in [5.74, 6) is 0. The number of aliphatic hydroxyl groups excluding tert-OH is 1. The van der Waals surface area contributed by atoms with E-state index in [2.05, 4.69) is 5.32 Å². The Kier molecular flexibility index (Phi) is 3.93. The van der Waals surface area contributed by atoms with E-state index in [4.69, 9.17) is 0 Å². The fraction of sp³-hybridized carbons (Fsp3) is 1.00. The lowest BCUT2D eigenvalue weighted by Gasteiger charge is -2.35. The molecule has 1 rings (SSSR count). The quantitative estimate of drug-likeness (QED) is 0.639. The molecule has 3 nitrogen and oxygen atoms in total. The molecular formula is C11H23NO2. The molecule has 0 aromatic carbocycles. The molecule has 1 fully saturated rings. The van der Waals surface area contributed by atoms with Gasteiger partial charge in [0.1, 0.15) is 0 Å². The van der Waals surface area contributed by atoms with Gasteiger partial charge in [-0.25, -0.2) is 0 Å². The molecule has 0 saturated heterocycles. The SMILES string of the molecule is CC(NC1CCCCC1O)C(C)(C)O. The first kappa shape index (κ1) is 12.0. The van der Waals surface area contributed by atoms with Gasteiger partial charge in [-0.3, -0.25) is 0 Å². The van der Waals surface area contributed by atoms with E-state index in [1.807, 2.05) is 6.92 Å². The second-order valence-corrected chi connectivity index (χ2v) is 5.00. The van der Waals surface area contributed by atoms with Crippen molar-refractivity contribution in [2.45, 2.75) is 70.2 Å². The summed E-state index contributed by atoms with van der Waals surface area (Å²) in [6, 6.07) is 0.172. The zero-order valence-corrected chi connectivity index (χ0v) is 9.45. The van der Waals surface area contributed by atoms with Gasteiger partial charge in [-0.05, 0) is 33.6 Å². The number of rotatable bonds is 3. The maximum Gasteiger partial charge on any atom is 0.0741 e. The van der Waals surface area contributed by atoms with E-state index in [1.165, 1.54) is 6.42 Å². The van der Waals surface area contributed by atoms with E-state index in [-0.39, 0.29) is 18.2 Å². The topological polar surface area (TPSA) is 52.5 Å². The molecule has 0 aliphatic heterocycles. The maximum absolute atomic E-state index is 9.76. The first-order chi connectivity index (χ1) is 6.41. The lowest BCUT2D eigenvalue weighted by atomic mass is 9.90. The van der Waals surface area contributed by atoms with Crippen molar-refractivity contribution < 1.29 is 10.2 Å². The monoisotopic (exact) mass is 201 g/mol. The van der Waals surface area contributed by atoms with Crippen LogP contribution >= 0.6 is 0 Å². The first-order valence-electron chi connectivity index (χ1n) is 5.58. The third-order valence-corrected chi connectivity index (χ3v) is 3.25. The highest BCUT2D eigenvalue weighted by Gasteiger charge is 2.29. The second-order valence-electron chi connectivity index (χ2n) is 5.00. The molecule has 0 radical (unpaired) electrons. The Morgan fingerprint density at radius 2 is 1.86 bits per heavy atom. The van der Waals surface area contributed by atoms with E-state index < -0.39 is 5.60 Å². The van der Waals surface area contributed by atoms with Crippen molar-refractivity contribution in [3.63, 3.8) is 0 Å². The predicted molar refractivity (Wildman–Crippen MR) is 57.2 cm³/mol. The smallest absolute Gasteiger partial charge is 0.0741 e. The molecule has 0 heterocycles. The molecular weight excluding hydrogens is 178 g/mol. The van der Waals surface area contributed by atoms with Crippen molar-refractivity contribution in [3.8, 4) is 0 Å². The van der Waals surface area contributed by atoms with Crippen LogP contribution in [0.4, 0.5) is 0 Å². The van der Waals surface area contributed by atoms with E-state index in [1.54, 1.807) is 13.8 Å². The Labute approximate surface area is 86.5 Å². The molecule has 1 aliphatic carbocycles. The molecule has 0 aromatic rings. The van der Waals surface area contributed by atoms with Gasteiger partial charge in [-0.1, -0.05) is 12.8 Å². The molecule has 14 heavy (non-hydrogen) atoms. The van der Waals surface area contributed by atoms with Crippen LogP contribution in [0.3, 0.4) is 0 Å². The van der Waals surface area contributed by atoms with Crippen molar-refractivity contribution >= 4 is 0 Å². The summed E-state index contributed by atoms with van der Waals surface area (Å²) in [6.45, 7) is 5.54. The molecule has 1 saturated carbocycles. The molecule has 0 amide bonds. The van der Waals surface area contributed by atoms with Gasteiger partial charge in [0.25, 0.3) is 0 Å². The number of hydrogen-bond acceptors (Lipinski definition) is 3. The fourth-order valence-electron chi connectivity index (χ4n) is 1.83. The minimum atomic E-state index is -0.725. The van der Waals surface area contributed by atoms with Crippen LogP contribution in [0.25, 0.3) is 0 Å². The maximum atomic E-state index is 9.76. The van der Waals surface area contributed by atoms with Crippen LogP contribution in [0.2, 0.25) is 0 Å².